The number of nitrogens with one attached hydrogen (secondary N) is 3. The van der Waals surface area contributed by atoms with Crippen LogP contribution in [0, 0.1) is 11.2 Å². The number of likely N-dealkylation sites (N-methyl/N-ethyl adjacent to an activating group) is 1. The van der Waals surface area contributed by atoms with Gasteiger partial charge in [-0.2, -0.15) is 5.10 Å². The van der Waals surface area contributed by atoms with Gasteiger partial charge in [0.2, 0.25) is 5.91 Å². The Morgan fingerprint density at radius 1 is 1.00 bits per heavy atom. The molecule has 6 aromatic rings. The SMILES string of the molecule is CN(C)CCOc1cc(F)cc(-c2cccc3[nH]c(-c4n[nH]c5ccc(-c6cncc(NC(=O)C(C)(C)C)c6)nc45)cc23)c1. The number of benzene rings is 2. The standard InChI is InChI=1S/C34H34FN7O2/c1-34(2,3)33(43)37-23-14-21(18-36-19-23)27-9-10-29-31(39-27)32(41-40-29)30-17-26-25(7-6-8-28(26)38-30)20-13-22(35)16-24(15-20)44-12-11-42(4)5/h6-10,13-19,38H,11-12H2,1-5H3,(H,37,43)(H,40,41). The molecule has 44 heavy (non-hydrogen) atoms. The Hall–Kier alpha value is -5.09. The zero-order valence-electron chi connectivity index (χ0n) is 25.3. The molecule has 0 bridgehead atoms. The average Bonchev–Trinajstić information content (AvgIpc) is 3.60. The van der Waals surface area contributed by atoms with E-state index in [0.717, 1.165) is 45.3 Å². The van der Waals surface area contributed by atoms with Gasteiger partial charge in [-0.25, -0.2) is 9.37 Å². The number of pyridine rings is 2. The Bertz CT molecular complexity index is 1990. The van der Waals surface area contributed by atoms with E-state index in [0.29, 0.717) is 34.9 Å². The molecule has 2 aromatic carbocycles. The van der Waals surface area contributed by atoms with Crippen LogP contribution in [0.4, 0.5) is 10.1 Å². The fourth-order valence-corrected chi connectivity index (χ4v) is 4.90. The van der Waals surface area contributed by atoms with Crippen molar-refractivity contribution in [1.29, 1.82) is 0 Å². The highest BCUT2D eigenvalue weighted by Crippen LogP contribution is 2.36. The second kappa shape index (κ2) is 11.5. The Balaban J connectivity index is 1.35. The van der Waals surface area contributed by atoms with Crippen LogP contribution < -0.4 is 10.1 Å². The molecule has 0 radical (unpaired) electrons. The first-order valence-corrected chi connectivity index (χ1v) is 14.4. The second-order valence-corrected chi connectivity index (χ2v) is 12.1. The summed E-state index contributed by atoms with van der Waals surface area (Å²) in [7, 11) is 3.93. The molecule has 0 fully saturated rings. The number of carbonyl (C=O) groups excluding carboxylic acids is 1. The van der Waals surface area contributed by atoms with Crippen LogP contribution in [-0.2, 0) is 4.79 Å². The summed E-state index contributed by atoms with van der Waals surface area (Å²) in [6.07, 6.45) is 3.34. The molecule has 0 saturated carbocycles. The van der Waals surface area contributed by atoms with Gasteiger partial charge in [-0.05, 0) is 67.7 Å². The third kappa shape index (κ3) is 6.02. The van der Waals surface area contributed by atoms with Gasteiger partial charge in [0.25, 0.3) is 0 Å². The zero-order valence-corrected chi connectivity index (χ0v) is 25.3. The third-order valence-electron chi connectivity index (χ3n) is 7.29. The summed E-state index contributed by atoms with van der Waals surface area (Å²) in [4.78, 5) is 27.2. The van der Waals surface area contributed by atoms with Gasteiger partial charge in [0.1, 0.15) is 29.4 Å². The number of carbonyl (C=O) groups is 1. The number of aromatic nitrogens is 5. The van der Waals surface area contributed by atoms with Gasteiger partial charge in [0.05, 0.1) is 28.8 Å². The van der Waals surface area contributed by atoms with Gasteiger partial charge in [-0.3, -0.25) is 14.9 Å². The summed E-state index contributed by atoms with van der Waals surface area (Å²) in [6.45, 7) is 6.77. The molecule has 6 rings (SSSR count). The number of H-pyrrole nitrogens is 2. The normalized spacial score (nSPS) is 11.9. The fourth-order valence-electron chi connectivity index (χ4n) is 4.90. The molecule has 0 unspecified atom stereocenters. The lowest BCUT2D eigenvalue weighted by atomic mass is 9.95. The predicted molar refractivity (Wildman–Crippen MR) is 172 cm³/mol. The molecule has 9 nitrogen and oxygen atoms in total. The molecule has 4 aromatic heterocycles. The van der Waals surface area contributed by atoms with Crippen LogP contribution in [0.2, 0.25) is 0 Å². The molecule has 224 valence electrons. The maximum absolute atomic E-state index is 14.7. The van der Waals surface area contributed by atoms with Crippen LogP contribution in [0.15, 0.2) is 73.1 Å². The highest BCUT2D eigenvalue weighted by Gasteiger charge is 2.22. The number of halogens is 1. The van der Waals surface area contributed by atoms with Gasteiger partial charge in [0, 0.05) is 40.7 Å². The van der Waals surface area contributed by atoms with E-state index in [1.165, 1.54) is 12.1 Å². The van der Waals surface area contributed by atoms with E-state index in [1.807, 2.05) is 88.3 Å². The lowest BCUT2D eigenvalue weighted by molar-refractivity contribution is -0.123. The first-order valence-electron chi connectivity index (χ1n) is 14.4. The molecule has 0 aliphatic carbocycles. The van der Waals surface area contributed by atoms with E-state index in [1.54, 1.807) is 12.4 Å². The first kappa shape index (κ1) is 29.0. The van der Waals surface area contributed by atoms with Crippen molar-refractivity contribution in [1.82, 2.24) is 30.0 Å². The van der Waals surface area contributed by atoms with Crippen molar-refractivity contribution in [2.45, 2.75) is 20.8 Å². The molecule has 4 heterocycles. The topological polar surface area (TPSA) is 112 Å². The highest BCUT2D eigenvalue weighted by molar-refractivity contribution is 6.01. The minimum absolute atomic E-state index is 0.0959. The zero-order chi connectivity index (χ0) is 31.0. The number of nitrogens with zero attached hydrogens (tertiary/aromatic N) is 4. The van der Waals surface area contributed by atoms with Crippen molar-refractivity contribution in [3.8, 4) is 39.5 Å². The number of fused-ring (bicyclic) bond motifs is 2. The van der Waals surface area contributed by atoms with Crippen molar-refractivity contribution in [2.75, 3.05) is 32.6 Å². The van der Waals surface area contributed by atoms with Crippen LogP contribution in [0.5, 0.6) is 5.75 Å². The largest absolute Gasteiger partial charge is 0.492 e. The number of hydrogen-bond acceptors (Lipinski definition) is 6. The van der Waals surface area contributed by atoms with Crippen molar-refractivity contribution < 1.29 is 13.9 Å². The Morgan fingerprint density at radius 2 is 1.84 bits per heavy atom. The van der Waals surface area contributed by atoms with Crippen molar-refractivity contribution in [2.24, 2.45) is 5.41 Å². The Labute approximate surface area is 254 Å². The van der Waals surface area contributed by atoms with Crippen molar-refractivity contribution in [3.05, 3.63) is 78.9 Å². The van der Waals surface area contributed by atoms with E-state index >= 15 is 0 Å². The summed E-state index contributed by atoms with van der Waals surface area (Å²) in [5.74, 6) is 0.0318. The molecule has 0 aliphatic heterocycles. The highest BCUT2D eigenvalue weighted by atomic mass is 19.1. The predicted octanol–water partition coefficient (Wildman–Crippen LogP) is 6.90. The van der Waals surface area contributed by atoms with Gasteiger partial charge < -0.3 is 19.9 Å². The summed E-state index contributed by atoms with van der Waals surface area (Å²) in [6, 6.07) is 18.4. The van der Waals surface area contributed by atoms with Crippen molar-refractivity contribution >= 4 is 33.5 Å². The second-order valence-electron chi connectivity index (χ2n) is 12.1. The molecular formula is C34H34FN7O2. The molecule has 0 atom stereocenters. The maximum Gasteiger partial charge on any atom is 0.229 e. The molecule has 10 heteroatoms. The quantitative estimate of drug-likeness (QED) is 0.178. The van der Waals surface area contributed by atoms with E-state index in [9.17, 15) is 9.18 Å². The van der Waals surface area contributed by atoms with Crippen LogP contribution >= 0.6 is 0 Å². The summed E-state index contributed by atoms with van der Waals surface area (Å²) < 4.78 is 20.5. The number of amides is 1. The van der Waals surface area contributed by atoms with Crippen LogP contribution in [0.25, 0.3) is 55.7 Å². The van der Waals surface area contributed by atoms with E-state index < -0.39 is 5.41 Å². The van der Waals surface area contributed by atoms with E-state index in [4.69, 9.17) is 9.72 Å². The van der Waals surface area contributed by atoms with Gasteiger partial charge in [-0.15, -0.1) is 0 Å². The van der Waals surface area contributed by atoms with Crippen LogP contribution in [-0.4, -0.2) is 63.2 Å². The summed E-state index contributed by atoms with van der Waals surface area (Å²) in [5, 5.41) is 11.5. The summed E-state index contributed by atoms with van der Waals surface area (Å²) >= 11 is 0. The Kier molecular flexibility index (Phi) is 7.60. The minimum Gasteiger partial charge on any atom is -0.492 e. The monoisotopic (exact) mass is 591 g/mol. The van der Waals surface area contributed by atoms with Gasteiger partial charge >= 0.3 is 0 Å². The van der Waals surface area contributed by atoms with Gasteiger partial charge in [-0.1, -0.05) is 32.9 Å². The van der Waals surface area contributed by atoms with Gasteiger partial charge in [0.15, 0.2) is 0 Å². The molecule has 3 N–H and O–H groups in total. The molecule has 0 spiro atoms. The lowest BCUT2D eigenvalue weighted by Crippen LogP contribution is -2.27. The van der Waals surface area contributed by atoms with Crippen molar-refractivity contribution in [3.63, 3.8) is 0 Å². The molecular weight excluding hydrogens is 557 g/mol. The Morgan fingerprint density at radius 3 is 2.64 bits per heavy atom. The minimum atomic E-state index is -0.533. The van der Waals surface area contributed by atoms with E-state index in [-0.39, 0.29) is 11.7 Å². The van der Waals surface area contributed by atoms with E-state index in [2.05, 4.69) is 25.5 Å². The van der Waals surface area contributed by atoms with Crippen LogP contribution in [0.3, 0.4) is 0 Å². The number of rotatable bonds is 8. The fraction of sp³-hybridized carbons (Fsp3) is 0.235. The lowest BCUT2D eigenvalue weighted by Gasteiger charge is -2.17. The smallest absolute Gasteiger partial charge is 0.229 e. The molecule has 1 amide bonds. The molecule has 0 saturated heterocycles. The number of hydrogen-bond donors (Lipinski definition) is 3. The number of aromatic amines is 2. The van der Waals surface area contributed by atoms with Crippen LogP contribution in [0.1, 0.15) is 20.8 Å². The maximum atomic E-state index is 14.7. The molecule has 0 aliphatic rings. The first-order chi connectivity index (χ1) is 21.0. The number of anilines is 1. The summed E-state index contributed by atoms with van der Waals surface area (Å²) in [5.41, 5.74) is 6.88. The number of ether oxygens (including phenoxy) is 1. The third-order valence-corrected chi connectivity index (χ3v) is 7.29. The average molecular weight is 592 g/mol.